The quantitative estimate of drug-likeness (QED) is 0.759. The summed E-state index contributed by atoms with van der Waals surface area (Å²) >= 11 is 0. The maximum atomic E-state index is 10.1. The summed E-state index contributed by atoms with van der Waals surface area (Å²) in [7, 11) is 0. The molecule has 0 aliphatic heterocycles. The molecule has 2 heteroatoms. The fourth-order valence-corrected chi connectivity index (χ4v) is 2.94. The van der Waals surface area contributed by atoms with Gasteiger partial charge in [-0.05, 0) is 50.9 Å². The molecule has 0 radical (unpaired) electrons. The monoisotopic (exact) mass is 228 g/mol. The molecule has 1 aliphatic rings. The van der Waals surface area contributed by atoms with E-state index in [4.69, 9.17) is 0 Å². The van der Waals surface area contributed by atoms with Crippen LogP contribution in [0, 0.1) is 11.8 Å². The Balaban J connectivity index is 2.49. The van der Waals surface area contributed by atoms with Crippen molar-refractivity contribution >= 4 is 0 Å². The fraction of sp³-hybridized carbons (Fsp3) is 1.00. The van der Waals surface area contributed by atoms with Gasteiger partial charge in [0.15, 0.2) is 0 Å². The Morgan fingerprint density at radius 2 is 1.94 bits per heavy atom. The first-order valence-electron chi connectivity index (χ1n) is 6.89. The van der Waals surface area contributed by atoms with Crippen LogP contribution < -0.4 is 0 Å². The average molecular weight is 228 g/mol. The molecule has 2 nitrogen and oxygen atoms in total. The van der Waals surface area contributed by atoms with Crippen molar-refractivity contribution in [3.05, 3.63) is 0 Å². The molecule has 1 rings (SSSR count). The SMILES string of the molecule is CCCC1CCC(O)C(CC(C)(O)CC)C1. The van der Waals surface area contributed by atoms with E-state index < -0.39 is 5.60 Å². The first-order valence-corrected chi connectivity index (χ1v) is 6.89. The second-order valence-electron chi connectivity index (χ2n) is 5.85. The highest BCUT2D eigenvalue weighted by atomic mass is 16.3. The highest BCUT2D eigenvalue weighted by Crippen LogP contribution is 2.37. The van der Waals surface area contributed by atoms with E-state index in [1.54, 1.807) is 0 Å². The van der Waals surface area contributed by atoms with Crippen molar-refractivity contribution in [2.24, 2.45) is 11.8 Å². The van der Waals surface area contributed by atoms with E-state index in [9.17, 15) is 10.2 Å². The first-order chi connectivity index (χ1) is 7.48. The molecule has 0 aromatic rings. The highest BCUT2D eigenvalue weighted by molar-refractivity contribution is 4.85. The molecule has 0 aromatic heterocycles. The van der Waals surface area contributed by atoms with Gasteiger partial charge in [-0.15, -0.1) is 0 Å². The highest BCUT2D eigenvalue weighted by Gasteiger charge is 2.33. The number of hydrogen-bond donors (Lipinski definition) is 2. The molecule has 1 saturated carbocycles. The zero-order chi connectivity index (χ0) is 12.2. The summed E-state index contributed by atoms with van der Waals surface area (Å²) in [5.41, 5.74) is -0.597. The topological polar surface area (TPSA) is 40.5 Å². The fourth-order valence-electron chi connectivity index (χ4n) is 2.94. The lowest BCUT2D eigenvalue weighted by Gasteiger charge is -2.37. The van der Waals surface area contributed by atoms with Crippen molar-refractivity contribution in [3.63, 3.8) is 0 Å². The molecule has 4 unspecified atom stereocenters. The summed E-state index contributed by atoms with van der Waals surface area (Å²) in [6.45, 7) is 6.13. The number of aliphatic hydroxyl groups excluding tert-OH is 1. The second-order valence-corrected chi connectivity index (χ2v) is 5.85. The maximum Gasteiger partial charge on any atom is 0.0620 e. The summed E-state index contributed by atoms with van der Waals surface area (Å²) in [4.78, 5) is 0. The van der Waals surface area contributed by atoms with Crippen LogP contribution in [-0.2, 0) is 0 Å². The van der Waals surface area contributed by atoms with E-state index in [-0.39, 0.29) is 6.10 Å². The number of aliphatic hydroxyl groups is 2. The Hall–Kier alpha value is -0.0800. The van der Waals surface area contributed by atoms with E-state index in [1.807, 2.05) is 13.8 Å². The Morgan fingerprint density at radius 3 is 2.50 bits per heavy atom. The summed E-state index contributed by atoms with van der Waals surface area (Å²) in [5.74, 6) is 1.08. The number of hydrogen-bond acceptors (Lipinski definition) is 2. The molecule has 0 aromatic carbocycles. The van der Waals surface area contributed by atoms with Crippen molar-refractivity contribution in [1.29, 1.82) is 0 Å². The van der Waals surface area contributed by atoms with E-state index in [2.05, 4.69) is 6.92 Å². The standard InChI is InChI=1S/C14H28O2/c1-4-6-11-7-8-13(15)12(9-11)10-14(3,16)5-2/h11-13,15-16H,4-10H2,1-3H3. The molecule has 0 saturated heterocycles. The molecule has 0 spiro atoms. The van der Waals surface area contributed by atoms with Gasteiger partial charge in [-0.3, -0.25) is 0 Å². The normalized spacial score (nSPS) is 34.7. The Bertz CT molecular complexity index is 201. The van der Waals surface area contributed by atoms with Crippen LogP contribution in [0.25, 0.3) is 0 Å². The summed E-state index contributed by atoms with van der Waals surface area (Å²) < 4.78 is 0. The van der Waals surface area contributed by atoms with Crippen LogP contribution in [0.5, 0.6) is 0 Å². The van der Waals surface area contributed by atoms with Gasteiger partial charge >= 0.3 is 0 Å². The Morgan fingerprint density at radius 1 is 1.25 bits per heavy atom. The number of rotatable bonds is 5. The van der Waals surface area contributed by atoms with Crippen molar-refractivity contribution in [2.75, 3.05) is 0 Å². The molecule has 0 amide bonds. The van der Waals surface area contributed by atoms with E-state index >= 15 is 0 Å². The molecule has 1 aliphatic carbocycles. The van der Waals surface area contributed by atoms with Crippen LogP contribution in [0.1, 0.15) is 65.7 Å². The van der Waals surface area contributed by atoms with Gasteiger partial charge in [0.05, 0.1) is 11.7 Å². The minimum atomic E-state index is -0.597. The molecule has 0 bridgehead atoms. The smallest absolute Gasteiger partial charge is 0.0620 e. The van der Waals surface area contributed by atoms with E-state index in [0.29, 0.717) is 5.92 Å². The Kier molecular flexibility index (Phi) is 5.26. The maximum absolute atomic E-state index is 10.1. The van der Waals surface area contributed by atoms with E-state index in [1.165, 1.54) is 19.3 Å². The van der Waals surface area contributed by atoms with Crippen molar-refractivity contribution in [2.45, 2.75) is 77.4 Å². The minimum Gasteiger partial charge on any atom is -0.393 e. The van der Waals surface area contributed by atoms with Crippen molar-refractivity contribution in [1.82, 2.24) is 0 Å². The molecular weight excluding hydrogens is 200 g/mol. The minimum absolute atomic E-state index is 0.189. The summed E-state index contributed by atoms with van der Waals surface area (Å²) in [6, 6.07) is 0. The van der Waals surface area contributed by atoms with Crippen LogP contribution in [0.15, 0.2) is 0 Å². The molecule has 0 heterocycles. The van der Waals surface area contributed by atoms with Gasteiger partial charge in [0.2, 0.25) is 0 Å². The third-order valence-corrected chi connectivity index (χ3v) is 4.21. The van der Waals surface area contributed by atoms with Gasteiger partial charge in [-0.25, -0.2) is 0 Å². The van der Waals surface area contributed by atoms with Crippen LogP contribution >= 0.6 is 0 Å². The lowest BCUT2D eigenvalue weighted by molar-refractivity contribution is -0.0262. The summed E-state index contributed by atoms with van der Waals surface area (Å²) in [6.07, 6.45) is 7.04. The third-order valence-electron chi connectivity index (χ3n) is 4.21. The summed E-state index contributed by atoms with van der Waals surface area (Å²) in [5, 5.41) is 20.1. The average Bonchev–Trinajstić information content (AvgIpc) is 2.23. The molecular formula is C14H28O2. The van der Waals surface area contributed by atoms with Gasteiger partial charge in [-0.2, -0.15) is 0 Å². The molecule has 96 valence electrons. The molecule has 16 heavy (non-hydrogen) atoms. The van der Waals surface area contributed by atoms with Gasteiger partial charge in [-0.1, -0.05) is 26.7 Å². The predicted octanol–water partition coefficient (Wildman–Crippen LogP) is 3.11. The molecule has 2 N–H and O–H groups in total. The van der Waals surface area contributed by atoms with Crippen LogP contribution in [0.2, 0.25) is 0 Å². The zero-order valence-corrected chi connectivity index (χ0v) is 11.1. The van der Waals surface area contributed by atoms with Crippen molar-refractivity contribution < 1.29 is 10.2 Å². The second kappa shape index (κ2) is 6.02. The van der Waals surface area contributed by atoms with Crippen molar-refractivity contribution in [3.8, 4) is 0 Å². The first kappa shape index (κ1) is 14.0. The largest absolute Gasteiger partial charge is 0.393 e. The molecule has 1 fully saturated rings. The van der Waals surface area contributed by atoms with Gasteiger partial charge in [0, 0.05) is 0 Å². The lowest BCUT2D eigenvalue weighted by atomic mass is 9.73. The predicted molar refractivity (Wildman–Crippen MR) is 67.3 cm³/mol. The van der Waals surface area contributed by atoms with Crippen LogP contribution in [0.4, 0.5) is 0 Å². The lowest BCUT2D eigenvalue weighted by Crippen LogP contribution is -2.36. The van der Waals surface area contributed by atoms with Crippen LogP contribution in [-0.4, -0.2) is 21.9 Å². The molecule has 4 atom stereocenters. The van der Waals surface area contributed by atoms with E-state index in [0.717, 1.165) is 31.6 Å². The van der Waals surface area contributed by atoms with Gasteiger partial charge in [0.25, 0.3) is 0 Å². The van der Waals surface area contributed by atoms with Gasteiger partial charge in [0.1, 0.15) is 0 Å². The zero-order valence-electron chi connectivity index (χ0n) is 11.1. The third kappa shape index (κ3) is 4.06. The van der Waals surface area contributed by atoms with Gasteiger partial charge < -0.3 is 10.2 Å². The van der Waals surface area contributed by atoms with Crippen LogP contribution in [0.3, 0.4) is 0 Å². The Labute approximate surface area is 100 Å².